The first kappa shape index (κ1) is 22.4. The molecule has 158 valence electrons. The lowest BCUT2D eigenvalue weighted by molar-refractivity contribution is -0.136. The maximum atomic E-state index is 14.0. The zero-order valence-corrected chi connectivity index (χ0v) is 18.8. The molecular formula is C21H21BrFN3O3S. The molecule has 1 aliphatic rings. The summed E-state index contributed by atoms with van der Waals surface area (Å²) in [6.07, 6.45) is 0.805. The van der Waals surface area contributed by atoms with E-state index in [4.69, 9.17) is 5.26 Å². The third kappa shape index (κ3) is 4.89. The SMILES string of the molecule is CN(Cc1cc(Br)ccc1F)C(=O)C1CCN(S(=O)(=O)c2ccc(C#N)cc2)CC1. The van der Waals surface area contributed by atoms with Crippen molar-refractivity contribution in [3.8, 4) is 6.07 Å². The number of piperidine rings is 1. The topological polar surface area (TPSA) is 81.5 Å². The van der Waals surface area contributed by atoms with Gasteiger partial charge in [-0.05, 0) is 55.3 Å². The first-order valence-corrected chi connectivity index (χ1v) is 11.6. The Morgan fingerprint density at radius 2 is 1.87 bits per heavy atom. The number of nitriles is 1. The number of benzene rings is 2. The molecule has 30 heavy (non-hydrogen) atoms. The summed E-state index contributed by atoms with van der Waals surface area (Å²) in [5, 5.41) is 8.86. The van der Waals surface area contributed by atoms with Gasteiger partial charge in [0.25, 0.3) is 0 Å². The highest BCUT2D eigenvalue weighted by molar-refractivity contribution is 9.10. The molecule has 0 spiro atoms. The molecule has 0 radical (unpaired) electrons. The molecular weight excluding hydrogens is 473 g/mol. The van der Waals surface area contributed by atoms with Crippen molar-refractivity contribution in [1.29, 1.82) is 5.26 Å². The molecule has 1 amide bonds. The third-order valence-electron chi connectivity index (χ3n) is 5.22. The molecule has 2 aromatic carbocycles. The summed E-state index contributed by atoms with van der Waals surface area (Å²) < 4.78 is 41.7. The van der Waals surface area contributed by atoms with Crippen LogP contribution in [-0.4, -0.2) is 43.7 Å². The van der Waals surface area contributed by atoms with E-state index < -0.39 is 10.0 Å². The van der Waals surface area contributed by atoms with E-state index in [1.165, 1.54) is 39.5 Å². The number of amides is 1. The number of hydrogen-bond donors (Lipinski definition) is 0. The van der Waals surface area contributed by atoms with E-state index in [-0.39, 0.29) is 42.2 Å². The number of rotatable bonds is 5. The molecule has 0 aliphatic carbocycles. The highest BCUT2D eigenvalue weighted by atomic mass is 79.9. The number of carbonyl (C=O) groups excluding carboxylic acids is 1. The molecule has 1 heterocycles. The highest BCUT2D eigenvalue weighted by Crippen LogP contribution is 2.26. The van der Waals surface area contributed by atoms with Crippen molar-refractivity contribution in [3.63, 3.8) is 0 Å². The van der Waals surface area contributed by atoms with Gasteiger partial charge >= 0.3 is 0 Å². The molecule has 9 heteroatoms. The predicted molar refractivity (Wildman–Crippen MR) is 113 cm³/mol. The lowest BCUT2D eigenvalue weighted by Crippen LogP contribution is -2.43. The number of carbonyl (C=O) groups is 1. The lowest BCUT2D eigenvalue weighted by Gasteiger charge is -2.32. The van der Waals surface area contributed by atoms with Crippen LogP contribution in [0.15, 0.2) is 51.8 Å². The van der Waals surface area contributed by atoms with Crippen molar-refractivity contribution >= 4 is 31.9 Å². The van der Waals surface area contributed by atoms with Crippen LogP contribution in [0.5, 0.6) is 0 Å². The number of hydrogen-bond acceptors (Lipinski definition) is 4. The van der Waals surface area contributed by atoms with Gasteiger partial charge in [-0.2, -0.15) is 9.57 Å². The van der Waals surface area contributed by atoms with Crippen LogP contribution in [0.2, 0.25) is 0 Å². The molecule has 0 N–H and O–H groups in total. The van der Waals surface area contributed by atoms with Crippen LogP contribution >= 0.6 is 15.9 Å². The van der Waals surface area contributed by atoms with Crippen molar-refractivity contribution in [2.24, 2.45) is 5.92 Å². The van der Waals surface area contributed by atoms with Gasteiger partial charge in [-0.1, -0.05) is 15.9 Å². The van der Waals surface area contributed by atoms with Crippen LogP contribution in [0.25, 0.3) is 0 Å². The maximum absolute atomic E-state index is 14.0. The molecule has 0 unspecified atom stereocenters. The highest BCUT2D eigenvalue weighted by Gasteiger charge is 2.33. The Kier molecular flexibility index (Phi) is 6.91. The van der Waals surface area contributed by atoms with Crippen LogP contribution < -0.4 is 0 Å². The summed E-state index contributed by atoms with van der Waals surface area (Å²) in [6, 6.07) is 12.3. The second kappa shape index (κ2) is 9.25. The first-order valence-electron chi connectivity index (χ1n) is 9.41. The average molecular weight is 494 g/mol. The van der Waals surface area contributed by atoms with E-state index in [0.717, 1.165) is 4.47 Å². The van der Waals surface area contributed by atoms with Gasteiger partial charge in [-0.15, -0.1) is 0 Å². The van der Waals surface area contributed by atoms with Gasteiger partial charge in [-0.3, -0.25) is 4.79 Å². The summed E-state index contributed by atoms with van der Waals surface area (Å²) in [4.78, 5) is 14.4. The van der Waals surface area contributed by atoms with Crippen LogP contribution in [0.3, 0.4) is 0 Å². The monoisotopic (exact) mass is 493 g/mol. The Morgan fingerprint density at radius 3 is 2.47 bits per heavy atom. The van der Waals surface area contributed by atoms with Gasteiger partial charge in [0.2, 0.25) is 15.9 Å². The molecule has 0 aromatic heterocycles. The van der Waals surface area contributed by atoms with E-state index in [9.17, 15) is 17.6 Å². The molecule has 0 atom stereocenters. The molecule has 2 aromatic rings. The van der Waals surface area contributed by atoms with E-state index in [2.05, 4.69) is 15.9 Å². The summed E-state index contributed by atoms with van der Waals surface area (Å²) in [5.41, 5.74) is 0.809. The Morgan fingerprint density at radius 1 is 1.23 bits per heavy atom. The van der Waals surface area contributed by atoms with Gasteiger partial charge in [0, 0.05) is 42.6 Å². The maximum Gasteiger partial charge on any atom is 0.243 e. The summed E-state index contributed by atoms with van der Waals surface area (Å²) in [5.74, 6) is -0.802. The zero-order valence-electron chi connectivity index (χ0n) is 16.4. The Hall–Kier alpha value is -2.28. The molecule has 6 nitrogen and oxygen atoms in total. The molecule has 1 aliphatic heterocycles. The van der Waals surface area contributed by atoms with Crippen molar-refractivity contribution in [1.82, 2.24) is 9.21 Å². The van der Waals surface area contributed by atoms with Gasteiger partial charge in [-0.25, -0.2) is 12.8 Å². The van der Waals surface area contributed by atoms with Crippen molar-refractivity contribution in [2.45, 2.75) is 24.3 Å². The number of nitrogens with zero attached hydrogens (tertiary/aromatic N) is 3. The quantitative estimate of drug-likeness (QED) is 0.637. The summed E-state index contributed by atoms with van der Waals surface area (Å²) >= 11 is 3.30. The number of sulfonamides is 1. The number of halogens is 2. The normalized spacial score (nSPS) is 15.5. The second-order valence-corrected chi connectivity index (χ2v) is 10.1. The van der Waals surface area contributed by atoms with Crippen molar-refractivity contribution in [2.75, 3.05) is 20.1 Å². The average Bonchev–Trinajstić information content (AvgIpc) is 2.75. The van der Waals surface area contributed by atoms with Gasteiger partial charge in [0.1, 0.15) is 5.82 Å². The molecule has 1 fully saturated rings. The fourth-order valence-corrected chi connectivity index (χ4v) is 5.38. The fraction of sp³-hybridized carbons (Fsp3) is 0.333. The van der Waals surface area contributed by atoms with E-state index in [1.807, 2.05) is 6.07 Å². The van der Waals surface area contributed by atoms with Crippen molar-refractivity contribution < 1.29 is 17.6 Å². The minimum Gasteiger partial charge on any atom is -0.341 e. The van der Waals surface area contributed by atoms with Gasteiger partial charge < -0.3 is 4.90 Å². The lowest BCUT2D eigenvalue weighted by atomic mass is 9.96. The van der Waals surface area contributed by atoms with E-state index in [0.29, 0.717) is 24.0 Å². The summed E-state index contributed by atoms with van der Waals surface area (Å²) in [7, 11) is -2.04. The molecule has 3 rings (SSSR count). The minimum absolute atomic E-state index is 0.121. The molecule has 1 saturated heterocycles. The standard InChI is InChI=1S/C21H21BrFN3O3S/c1-25(14-17-12-18(22)4-7-20(17)23)21(27)16-8-10-26(11-9-16)30(28,29)19-5-2-15(13-24)3-6-19/h2-7,12,16H,8-11,14H2,1H3. The van der Waals surface area contributed by atoms with Crippen LogP contribution in [-0.2, 0) is 21.4 Å². The largest absolute Gasteiger partial charge is 0.341 e. The van der Waals surface area contributed by atoms with Gasteiger partial charge in [0.05, 0.1) is 16.5 Å². The Labute approximate surface area is 184 Å². The van der Waals surface area contributed by atoms with E-state index >= 15 is 0 Å². The Bertz CT molecular complexity index is 1080. The summed E-state index contributed by atoms with van der Waals surface area (Å²) in [6.45, 7) is 0.615. The predicted octanol–water partition coefficient (Wildman–Crippen LogP) is 3.52. The minimum atomic E-state index is -3.67. The van der Waals surface area contributed by atoms with Crippen LogP contribution in [0.4, 0.5) is 4.39 Å². The van der Waals surface area contributed by atoms with Crippen LogP contribution in [0.1, 0.15) is 24.0 Å². The van der Waals surface area contributed by atoms with Gasteiger partial charge in [0.15, 0.2) is 0 Å². The zero-order chi connectivity index (χ0) is 21.9. The molecule has 0 bridgehead atoms. The third-order valence-corrected chi connectivity index (χ3v) is 7.62. The Balaban J connectivity index is 1.62. The van der Waals surface area contributed by atoms with E-state index in [1.54, 1.807) is 19.2 Å². The first-order chi connectivity index (χ1) is 14.2. The van der Waals surface area contributed by atoms with Crippen molar-refractivity contribution in [3.05, 3.63) is 63.9 Å². The molecule has 0 saturated carbocycles. The fourth-order valence-electron chi connectivity index (χ4n) is 3.50. The second-order valence-electron chi connectivity index (χ2n) is 7.24. The smallest absolute Gasteiger partial charge is 0.243 e. The van der Waals surface area contributed by atoms with Crippen LogP contribution in [0, 0.1) is 23.1 Å².